The van der Waals surface area contributed by atoms with E-state index in [-0.39, 0.29) is 11.9 Å². The van der Waals surface area contributed by atoms with Gasteiger partial charge in [-0.15, -0.1) is 0 Å². The standard InChI is InChI=1S/C15H19BrO3/c1-9-8-11(16)10(2)13(15(9)18-3)14(17)12-6-4-5-7-19-12/h8,12H,4-7H2,1-3H3. The summed E-state index contributed by atoms with van der Waals surface area (Å²) in [5.41, 5.74) is 2.53. The maximum Gasteiger partial charge on any atom is 0.195 e. The smallest absolute Gasteiger partial charge is 0.195 e. The normalized spacial score (nSPS) is 19.3. The molecule has 1 aromatic rings. The van der Waals surface area contributed by atoms with Gasteiger partial charge >= 0.3 is 0 Å². The number of Topliss-reactive ketones (excluding diaryl/α,β-unsaturated/α-hetero) is 1. The molecule has 0 aromatic heterocycles. The lowest BCUT2D eigenvalue weighted by Gasteiger charge is -2.24. The van der Waals surface area contributed by atoms with Crippen molar-refractivity contribution in [3.8, 4) is 5.75 Å². The highest BCUT2D eigenvalue weighted by Crippen LogP contribution is 2.34. The zero-order valence-electron chi connectivity index (χ0n) is 11.6. The van der Waals surface area contributed by atoms with E-state index in [0.29, 0.717) is 17.9 Å². The number of hydrogen-bond donors (Lipinski definition) is 0. The fourth-order valence-electron chi connectivity index (χ4n) is 2.52. The Balaban J connectivity index is 2.44. The van der Waals surface area contributed by atoms with Gasteiger partial charge in [0.1, 0.15) is 11.9 Å². The number of carbonyl (C=O) groups is 1. The van der Waals surface area contributed by atoms with Crippen molar-refractivity contribution in [3.63, 3.8) is 0 Å². The second kappa shape index (κ2) is 6.06. The molecule has 1 unspecified atom stereocenters. The van der Waals surface area contributed by atoms with Crippen molar-refractivity contribution in [1.82, 2.24) is 0 Å². The summed E-state index contributed by atoms with van der Waals surface area (Å²) in [5.74, 6) is 0.707. The third-order valence-corrected chi connectivity index (χ3v) is 4.41. The number of methoxy groups -OCH3 is 1. The van der Waals surface area contributed by atoms with Gasteiger partial charge in [-0.1, -0.05) is 15.9 Å². The quantitative estimate of drug-likeness (QED) is 0.792. The number of ketones is 1. The van der Waals surface area contributed by atoms with Gasteiger partial charge in [0.15, 0.2) is 5.78 Å². The fourth-order valence-corrected chi connectivity index (χ4v) is 3.06. The summed E-state index contributed by atoms with van der Waals surface area (Å²) >= 11 is 3.50. The second-order valence-electron chi connectivity index (χ2n) is 4.93. The van der Waals surface area contributed by atoms with Gasteiger partial charge < -0.3 is 9.47 Å². The lowest BCUT2D eigenvalue weighted by Crippen LogP contribution is -2.29. The Bertz CT molecular complexity index is 491. The fraction of sp³-hybridized carbons (Fsp3) is 0.533. The van der Waals surface area contributed by atoms with Crippen molar-refractivity contribution in [2.24, 2.45) is 0 Å². The predicted molar refractivity (Wildman–Crippen MR) is 78.1 cm³/mol. The predicted octanol–water partition coefficient (Wildman–Crippen LogP) is 3.83. The second-order valence-corrected chi connectivity index (χ2v) is 5.78. The Kier molecular flexibility index (Phi) is 4.63. The molecular formula is C15H19BrO3. The van der Waals surface area contributed by atoms with Gasteiger partial charge in [-0.25, -0.2) is 0 Å². The highest BCUT2D eigenvalue weighted by molar-refractivity contribution is 9.10. The van der Waals surface area contributed by atoms with Gasteiger partial charge in [0, 0.05) is 11.1 Å². The van der Waals surface area contributed by atoms with E-state index in [1.807, 2.05) is 19.9 Å². The Hall–Kier alpha value is -0.870. The molecule has 19 heavy (non-hydrogen) atoms. The van der Waals surface area contributed by atoms with Gasteiger partial charge in [0.25, 0.3) is 0 Å². The molecule has 1 saturated heterocycles. The van der Waals surface area contributed by atoms with Crippen LogP contribution in [-0.2, 0) is 4.74 Å². The average molecular weight is 327 g/mol. The first kappa shape index (κ1) is 14.5. The van der Waals surface area contributed by atoms with Crippen molar-refractivity contribution in [2.75, 3.05) is 13.7 Å². The summed E-state index contributed by atoms with van der Waals surface area (Å²) in [6.45, 7) is 4.55. The van der Waals surface area contributed by atoms with Gasteiger partial charge in [0.05, 0.1) is 12.7 Å². The minimum absolute atomic E-state index is 0.0402. The maximum atomic E-state index is 12.7. The molecule has 0 spiro atoms. The van der Waals surface area contributed by atoms with E-state index in [2.05, 4.69) is 15.9 Å². The third kappa shape index (κ3) is 2.84. The van der Waals surface area contributed by atoms with Crippen LogP contribution in [0, 0.1) is 13.8 Å². The Morgan fingerprint density at radius 1 is 1.42 bits per heavy atom. The topological polar surface area (TPSA) is 35.5 Å². The van der Waals surface area contributed by atoms with Crippen molar-refractivity contribution in [2.45, 2.75) is 39.2 Å². The summed E-state index contributed by atoms with van der Waals surface area (Å²) < 4.78 is 12.0. The largest absolute Gasteiger partial charge is 0.496 e. The van der Waals surface area contributed by atoms with Crippen LogP contribution in [0.25, 0.3) is 0 Å². The van der Waals surface area contributed by atoms with Gasteiger partial charge in [-0.3, -0.25) is 4.79 Å². The molecule has 0 N–H and O–H groups in total. The zero-order chi connectivity index (χ0) is 14.0. The number of carbonyl (C=O) groups excluding carboxylic acids is 1. The molecule has 1 atom stereocenters. The van der Waals surface area contributed by atoms with Crippen molar-refractivity contribution in [3.05, 3.63) is 27.2 Å². The van der Waals surface area contributed by atoms with E-state index in [1.165, 1.54) is 0 Å². The first-order chi connectivity index (χ1) is 9.06. The van der Waals surface area contributed by atoms with Crippen LogP contribution in [0.5, 0.6) is 5.75 Å². The number of aryl methyl sites for hydroxylation is 1. The summed E-state index contributed by atoms with van der Waals surface area (Å²) in [6, 6.07) is 1.98. The Morgan fingerprint density at radius 3 is 2.74 bits per heavy atom. The Morgan fingerprint density at radius 2 is 2.16 bits per heavy atom. The van der Waals surface area contributed by atoms with Crippen LogP contribution >= 0.6 is 15.9 Å². The van der Waals surface area contributed by atoms with Crippen LogP contribution in [0.1, 0.15) is 40.7 Å². The van der Waals surface area contributed by atoms with E-state index in [9.17, 15) is 4.79 Å². The van der Waals surface area contributed by atoms with Crippen molar-refractivity contribution >= 4 is 21.7 Å². The lowest BCUT2D eigenvalue weighted by atomic mass is 9.94. The monoisotopic (exact) mass is 326 g/mol. The van der Waals surface area contributed by atoms with E-state index < -0.39 is 0 Å². The Labute approximate surface area is 122 Å². The van der Waals surface area contributed by atoms with Gasteiger partial charge in [-0.2, -0.15) is 0 Å². The molecule has 4 heteroatoms. The SMILES string of the molecule is COc1c(C)cc(Br)c(C)c1C(=O)C1CCCCO1. The molecular weight excluding hydrogens is 308 g/mol. The first-order valence-corrected chi connectivity index (χ1v) is 7.35. The van der Waals surface area contributed by atoms with Crippen LogP contribution in [-0.4, -0.2) is 25.6 Å². The molecule has 0 saturated carbocycles. The molecule has 2 rings (SSSR count). The summed E-state index contributed by atoms with van der Waals surface area (Å²) in [7, 11) is 1.61. The average Bonchev–Trinajstić information content (AvgIpc) is 2.42. The van der Waals surface area contributed by atoms with Crippen molar-refractivity contribution < 1.29 is 14.3 Å². The van der Waals surface area contributed by atoms with Crippen LogP contribution in [0.2, 0.25) is 0 Å². The lowest BCUT2D eigenvalue weighted by molar-refractivity contribution is 0.0184. The number of rotatable bonds is 3. The van der Waals surface area contributed by atoms with Crippen molar-refractivity contribution in [1.29, 1.82) is 0 Å². The zero-order valence-corrected chi connectivity index (χ0v) is 13.2. The summed E-state index contributed by atoms with van der Waals surface area (Å²) in [4.78, 5) is 12.7. The van der Waals surface area contributed by atoms with Crippen LogP contribution in [0.3, 0.4) is 0 Å². The molecule has 0 aliphatic carbocycles. The maximum absolute atomic E-state index is 12.7. The first-order valence-electron chi connectivity index (χ1n) is 6.55. The molecule has 1 heterocycles. The number of halogens is 1. The summed E-state index contributed by atoms with van der Waals surface area (Å²) in [6.07, 6.45) is 2.56. The number of benzene rings is 1. The molecule has 3 nitrogen and oxygen atoms in total. The molecule has 1 fully saturated rings. The highest BCUT2D eigenvalue weighted by Gasteiger charge is 2.28. The molecule has 0 bridgehead atoms. The van der Waals surface area contributed by atoms with E-state index in [0.717, 1.165) is 34.9 Å². The molecule has 1 aliphatic rings. The molecule has 104 valence electrons. The minimum atomic E-state index is -0.324. The van der Waals surface area contributed by atoms with E-state index >= 15 is 0 Å². The molecule has 0 amide bonds. The van der Waals surface area contributed by atoms with Crippen LogP contribution in [0.15, 0.2) is 10.5 Å². The molecule has 0 radical (unpaired) electrons. The van der Waals surface area contributed by atoms with Gasteiger partial charge in [0.2, 0.25) is 0 Å². The number of ether oxygens (including phenoxy) is 2. The number of hydrogen-bond acceptors (Lipinski definition) is 3. The van der Waals surface area contributed by atoms with Crippen LogP contribution < -0.4 is 4.74 Å². The summed E-state index contributed by atoms with van der Waals surface area (Å²) in [5, 5.41) is 0. The van der Waals surface area contributed by atoms with Gasteiger partial charge in [-0.05, 0) is 50.3 Å². The minimum Gasteiger partial charge on any atom is -0.496 e. The highest BCUT2D eigenvalue weighted by atomic mass is 79.9. The molecule has 1 aromatic carbocycles. The van der Waals surface area contributed by atoms with E-state index in [1.54, 1.807) is 7.11 Å². The molecule has 1 aliphatic heterocycles. The van der Waals surface area contributed by atoms with Crippen LogP contribution in [0.4, 0.5) is 0 Å². The third-order valence-electron chi connectivity index (χ3n) is 3.58. The van der Waals surface area contributed by atoms with E-state index in [4.69, 9.17) is 9.47 Å².